The number of nitrogens with zero attached hydrogens (tertiary/aromatic N) is 1. The Morgan fingerprint density at radius 2 is 1.78 bits per heavy atom. The SMILES string of the molecule is COc1ccc(C(=O)NC(=Cc2ccco2)C(=O)N2CCCCCC2)cc1. The zero-order valence-corrected chi connectivity index (χ0v) is 15.4. The average molecular weight is 368 g/mol. The molecule has 2 heterocycles. The summed E-state index contributed by atoms with van der Waals surface area (Å²) in [4.78, 5) is 27.5. The van der Waals surface area contributed by atoms with Crippen LogP contribution in [-0.2, 0) is 4.79 Å². The third-order valence-electron chi connectivity index (χ3n) is 4.55. The molecule has 0 unspecified atom stereocenters. The maximum absolute atomic E-state index is 13.0. The van der Waals surface area contributed by atoms with E-state index in [2.05, 4.69) is 5.32 Å². The molecule has 1 aliphatic rings. The van der Waals surface area contributed by atoms with Crippen LogP contribution in [0.1, 0.15) is 41.8 Å². The predicted octanol–water partition coefficient (Wildman–Crippen LogP) is 3.46. The maximum atomic E-state index is 13.0. The highest BCUT2D eigenvalue weighted by Crippen LogP contribution is 2.16. The fraction of sp³-hybridized carbons (Fsp3) is 0.333. The van der Waals surface area contributed by atoms with Gasteiger partial charge in [-0.25, -0.2) is 0 Å². The molecule has 1 aromatic heterocycles. The number of ether oxygens (including phenoxy) is 1. The van der Waals surface area contributed by atoms with Gasteiger partial charge >= 0.3 is 0 Å². The van der Waals surface area contributed by atoms with Crippen LogP contribution in [0, 0.1) is 0 Å². The van der Waals surface area contributed by atoms with Gasteiger partial charge in [-0.2, -0.15) is 0 Å². The van der Waals surface area contributed by atoms with E-state index in [1.54, 1.807) is 54.5 Å². The molecule has 1 saturated heterocycles. The van der Waals surface area contributed by atoms with Crippen LogP contribution in [0.15, 0.2) is 52.8 Å². The molecule has 27 heavy (non-hydrogen) atoms. The number of benzene rings is 1. The minimum absolute atomic E-state index is 0.185. The van der Waals surface area contributed by atoms with Crippen molar-refractivity contribution < 1.29 is 18.7 Å². The molecule has 0 bridgehead atoms. The molecule has 1 N–H and O–H groups in total. The second-order valence-corrected chi connectivity index (χ2v) is 6.46. The standard InChI is InChI=1S/C21H24N2O4/c1-26-17-10-8-16(9-11-17)20(24)22-19(15-18-7-6-14-27-18)21(25)23-12-4-2-3-5-13-23/h6-11,14-15H,2-5,12-13H2,1H3,(H,22,24). The molecule has 6 nitrogen and oxygen atoms in total. The molecule has 2 amide bonds. The lowest BCUT2D eigenvalue weighted by Crippen LogP contribution is -2.39. The lowest BCUT2D eigenvalue weighted by Gasteiger charge is -2.22. The molecule has 1 aliphatic heterocycles. The second kappa shape index (κ2) is 9.07. The van der Waals surface area contributed by atoms with Gasteiger partial charge in [-0.05, 0) is 49.2 Å². The van der Waals surface area contributed by atoms with Crippen LogP contribution in [0.3, 0.4) is 0 Å². The molecule has 142 valence electrons. The van der Waals surface area contributed by atoms with Crippen LogP contribution in [-0.4, -0.2) is 36.9 Å². The van der Waals surface area contributed by atoms with Crippen LogP contribution in [0.4, 0.5) is 0 Å². The maximum Gasteiger partial charge on any atom is 0.270 e. The Kier molecular flexibility index (Phi) is 6.30. The quantitative estimate of drug-likeness (QED) is 0.821. The summed E-state index contributed by atoms with van der Waals surface area (Å²) in [6.07, 6.45) is 7.32. The highest BCUT2D eigenvalue weighted by Gasteiger charge is 2.22. The van der Waals surface area contributed by atoms with Crippen molar-refractivity contribution in [2.75, 3.05) is 20.2 Å². The number of carbonyl (C=O) groups is 2. The zero-order valence-electron chi connectivity index (χ0n) is 15.4. The Hall–Kier alpha value is -3.02. The Labute approximate surface area is 158 Å². The first-order valence-electron chi connectivity index (χ1n) is 9.17. The van der Waals surface area contributed by atoms with Crippen LogP contribution in [0.25, 0.3) is 6.08 Å². The number of furan rings is 1. The van der Waals surface area contributed by atoms with Crippen molar-refractivity contribution in [3.8, 4) is 5.75 Å². The summed E-state index contributed by atoms with van der Waals surface area (Å²) >= 11 is 0. The van der Waals surface area contributed by atoms with E-state index in [-0.39, 0.29) is 17.5 Å². The molecule has 0 aliphatic carbocycles. The zero-order chi connectivity index (χ0) is 19.1. The average Bonchev–Trinajstić information content (AvgIpc) is 3.06. The molecular weight excluding hydrogens is 344 g/mol. The predicted molar refractivity (Wildman–Crippen MR) is 102 cm³/mol. The monoisotopic (exact) mass is 368 g/mol. The summed E-state index contributed by atoms with van der Waals surface area (Å²) < 4.78 is 10.4. The molecule has 0 atom stereocenters. The van der Waals surface area contributed by atoms with Gasteiger partial charge < -0.3 is 19.4 Å². The van der Waals surface area contributed by atoms with Crippen molar-refractivity contribution >= 4 is 17.9 Å². The van der Waals surface area contributed by atoms with Crippen molar-refractivity contribution in [1.29, 1.82) is 0 Å². The molecule has 2 aromatic rings. The van der Waals surface area contributed by atoms with E-state index in [4.69, 9.17) is 9.15 Å². The fourth-order valence-electron chi connectivity index (χ4n) is 3.05. The van der Waals surface area contributed by atoms with E-state index in [1.165, 1.54) is 6.26 Å². The molecular formula is C21H24N2O4. The van der Waals surface area contributed by atoms with Gasteiger partial charge in [0.15, 0.2) is 0 Å². The topological polar surface area (TPSA) is 71.8 Å². The van der Waals surface area contributed by atoms with Crippen LogP contribution < -0.4 is 10.1 Å². The van der Waals surface area contributed by atoms with Crippen molar-refractivity contribution in [2.45, 2.75) is 25.7 Å². The van der Waals surface area contributed by atoms with Gasteiger partial charge in [0, 0.05) is 24.7 Å². The summed E-state index contributed by atoms with van der Waals surface area (Å²) in [6.45, 7) is 1.40. The summed E-state index contributed by atoms with van der Waals surface area (Å²) in [5.74, 6) is 0.649. The van der Waals surface area contributed by atoms with Gasteiger partial charge in [0.25, 0.3) is 11.8 Å². The Balaban J connectivity index is 1.81. The van der Waals surface area contributed by atoms with Crippen molar-refractivity contribution in [1.82, 2.24) is 10.2 Å². The minimum atomic E-state index is -0.348. The number of methoxy groups -OCH3 is 1. The smallest absolute Gasteiger partial charge is 0.270 e. The Bertz CT molecular complexity index is 786. The number of likely N-dealkylation sites (tertiary alicyclic amines) is 1. The minimum Gasteiger partial charge on any atom is -0.497 e. The van der Waals surface area contributed by atoms with Gasteiger partial charge in [-0.15, -0.1) is 0 Å². The molecule has 0 saturated carbocycles. The number of hydrogen-bond acceptors (Lipinski definition) is 4. The van der Waals surface area contributed by atoms with Crippen LogP contribution in [0.5, 0.6) is 5.75 Å². The summed E-state index contributed by atoms with van der Waals surface area (Å²) in [5.41, 5.74) is 0.664. The van der Waals surface area contributed by atoms with E-state index in [0.717, 1.165) is 25.7 Å². The number of nitrogens with one attached hydrogen (secondary N) is 1. The van der Waals surface area contributed by atoms with E-state index >= 15 is 0 Å². The molecule has 0 radical (unpaired) electrons. The molecule has 1 fully saturated rings. The lowest BCUT2D eigenvalue weighted by molar-refractivity contribution is -0.127. The van der Waals surface area contributed by atoms with E-state index < -0.39 is 0 Å². The lowest BCUT2D eigenvalue weighted by atomic mass is 10.2. The molecule has 3 rings (SSSR count). The third kappa shape index (κ3) is 5.00. The van der Waals surface area contributed by atoms with Crippen molar-refractivity contribution in [2.24, 2.45) is 0 Å². The Morgan fingerprint density at radius 1 is 1.07 bits per heavy atom. The van der Waals surface area contributed by atoms with Gasteiger partial charge in [0.05, 0.1) is 13.4 Å². The van der Waals surface area contributed by atoms with E-state index in [1.807, 2.05) is 0 Å². The first kappa shape index (κ1) is 18.8. The normalized spacial score (nSPS) is 15.1. The first-order valence-corrected chi connectivity index (χ1v) is 9.17. The summed E-state index contributed by atoms with van der Waals surface area (Å²) in [5, 5.41) is 2.76. The first-order chi connectivity index (χ1) is 13.2. The highest BCUT2D eigenvalue weighted by molar-refractivity contribution is 6.05. The summed E-state index contributed by atoms with van der Waals surface area (Å²) in [7, 11) is 1.57. The summed E-state index contributed by atoms with van der Waals surface area (Å²) in [6, 6.07) is 10.2. The number of amides is 2. The molecule has 6 heteroatoms. The third-order valence-corrected chi connectivity index (χ3v) is 4.55. The van der Waals surface area contributed by atoms with Crippen LogP contribution >= 0.6 is 0 Å². The largest absolute Gasteiger partial charge is 0.497 e. The van der Waals surface area contributed by atoms with Crippen molar-refractivity contribution in [3.63, 3.8) is 0 Å². The molecule has 0 spiro atoms. The fourth-order valence-corrected chi connectivity index (χ4v) is 3.05. The highest BCUT2D eigenvalue weighted by atomic mass is 16.5. The molecule has 1 aromatic carbocycles. The van der Waals surface area contributed by atoms with Gasteiger partial charge in [-0.1, -0.05) is 12.8 Å². The van der Waals surface area contributed by atoms with Gasteiger partial charge in [0.2, 0.25) is 0 Å². The Morgan fingerprint density at radius 3 is 2.37 bits per heavy atom. The van der Waals surface area contributed by atoms with E-state index in [9.17, 15) is 9.59 Å². The second-order valence-electron chi connectivity index (χ2n) is 6.46. The number of hydrogen-bond donors (Lipinski definition) is 1. The van der Waals surface area contributed by atoms with Crippen molar-refractivity contribution in [3.05, 3.63) is 59.7 Å². The van der Waals surface area contributed by atoms with Crippen LogP contribution in [0.2, 0.25) is 0 Å². The van der Waals surface area contributed by atoms with E-state index in [0.29, 0.717) is 30.2 Å². The van der Waals surface area contributed by atoms with Gasteiger partial charge in [-0.3, -0.25) is 9.59 Å². The van der Waals surface area contributed by atoms with Gasteiger partial charge in [0.1, 0.15) is 17.2 Å². The number of carbonyl (C=O) groups excluding carboxylic acids is 2. The number of rotatable bonds is 5.